The van der Waals surface area contributed by atoms with E-state index >= 15 is 0 Å². The van der Waals surface area contributed by atoms with Gasteiger partial charge in [0, 0.05) is 28.1 Å². The van der Waals surface area contributed by atoms with Gasteiger partial charge in [-0.05, 0) is 48.6 Å². The Hall–Kier alpha value is -1.74. The van der Waals surface area contributed by atoms with Crippen LogP contribution in [0.5, 0.6) is 0 Å². The molecule has 0 aliphatic carbocycles. The summed E-state index contributed by atoms with van der Waals surface area (Å²) >= 11 is 3.32. The molecule has 3 aromatic rings. The molecule has 0 fully saturated rings. The lowest BCUT2D eigenvalue weighted by Gasteiger charge is -2.24. The van der Waals surface area contributed by atoms with Gasteiger partial charge < -0.3 is 4.90 Å². The smallest absolute Gasteiger partial charge is 0.238 e. The molecule has 2 aromatic heterocycles. The van der Waals surface area contributed by atoms with Crippen LogP contribution in [0.15, 0.2) is 45.3 Å². The van der Waals surface area contributed by atoms with Crippen molar-refractivity contribution in [1.29, 1.82) is 0 Å². The second-order valence-electron chi connectivity index (χ2n) is 6.17. The molecule has 0 radical (unpaired) electrons. The van der Waals surface area contributed by atoms with Gasteiger partial charge in [-0.25, -0.2) is 18.5 Å². The maximum Gasteiger partial charge on any atom is 0.238 e. The second-order valence-corrected chi connectivity index (χ2v) is 9.37. The summed E-state index contributed by atoms with van der Waals surface area (Å²) in [5, 5.41) is 12.5. The molecule has 0 bridgehead atoms. The van der Waals surface area contributed by atoms with Crippen LogP contribution in [-0.4, -0.2) is 19.4 Å². The van der Waals surface area contributed by atoms with Crippen LogP contribution < -0.4 is 10.0 Å². The quantitative estimate of drug-likeness (QED) is 0.739. The van der Waals surface area contributed by atoms with Crippen LogP contribution in [0.2, 0.25) is 0 Å². The first-order chi connectivity index (χ1) is 11.9. The lowest BCUT2D eigenvalue weighted by Crippen LogP contribution is -2.28. The Bertz CT molecular complexity index is 1010. The third-order valence-corrected chi connectivity index (χ3v) is 6.92. The van der Waals surface area contributed by atoms with E-state index in [1.54, 1.807) is 34.8 Å². The van der Waals surface area contributed by atoms with Crippen LogP contribution >= 0.6 is 22.7 Å². The van der Waals surface area contributed by atoms with Gasteiger partial charge in [0.25, 0.3) is 0 Å². The predicted octanol–water partition coefficient (Wildman–Crippen LogP) is 3.47. The molecule has 1 atom stereocenters. The number of fused-ring (bicyclic) bond motifs is 1. The Morgan fingerprint density at radius 1 is 1.32 bits per heavy atom. The predicted molar refractivity (Wildman–Crippen MR) is 103 cm³/mol. The van der Waals surface area contributed by atoms with E-state index in [-0.39, 0.29) is 10.9 Å². The van der Waals surface area contributed by atoms with Crippen LogP contribution in [0.3, 0.4) is 0 Å². The molecule has 1 aromatic carbocycles. The van der Waals surface area contributed by atoms with Gasteiger partial charge in [-0.2, -0.15) is 11.3 Å². The molecule has 25 heavy (non-hydrogen) atoms. The van der Waals surface area contributed by atoms with Gasteiger partial charge >= 0.3 is 0 Å². The highest BCUT2D eigenvalue weighted by atomic mass is 32.2. The average molecular weight is 392 g/mol. The minimum Gasteiger partial charge on any atom is -0.362 e. The fourth-order valence-electron chi connectivity index (χ4n) is 3.16. The number of primary sulfonamides is 1. The Morgan fingerprint density at radius 2 is 2.16 bits per heavy atom. The molecular formula is C17H17N3O2S3. The minimum atomic E-state index is -3.67. The Balaban J connectivity index is 1.60. The first kappa shape index (κ1) is 16.7. The van der Waals surface area contributed by atoms with E-state index in [2.05, 4.69) is 34.0 Å². The minimum absolute atomic E-state index is 0.175. The molecule has 130 valence electrons. The lowest BCUT2D eigenvalue weighted by molar-refractivity contribution is 0.597. The van der Waals surface area contributed by atoms with E-state index in [1.165, 1.54) is 0 Å². The largest absolute Gasteiger partial charge is 0.362 e. The van der Waals surface area contributed by atoms with Crippen molar-refractivity contribution in [3.8, 4) is 10.6 Å². The van der Waals surface area contributed by atoms with Gasteiger partial charge in [0.05, 0.1) is 17.1 Å². The monoisotopic (exact) mass is 391 g/mol. The highest BCUT2D eigenvalue weighted by Crippen LogP contribution is 2.35. The van der Waals surface area contributed by atoms with E-state index in [1.807, 2.05) is 6.07 Å². The van der Waals surface area contributed by atoms with Crippen molar-refractivity contribution in [2.45, 2.75) is 30.8 Å². The number of rotatable bonds is 4. The van der Waals surface area contributed by atoms with Gasteiger partial charge in [0.15, 0.2) is 0 Å². The van der Waals surface area contributed by atoms with E-state index < -0.39 is 10.0 Å². The maximum atomic E-state index is 11.6. The maximum absolute atomic E-state index is 11.6. The van der Waals surface area contributed by atoms with Crippen molar-refractivity contribution >= 4 is 38.4 Å². The van der Waals surface area contributed by atoms with Gasteiger partial charge in [-0.1, -0.05) is 0 Å². The Morgan fingerprint density at radius 3 is 2.88 bits per heavy atom. The molecule has 0 amide bonds. The number of nitrogens with two attached hydrogens (primary N) is 1. The highest BCUT2D eigenvalue weighted by Gasteiger charge is 2.27. The summed E-state index contributed by atoms with van der Waals surface area (Å²) in [5.74, 6) is 0. The SMILES string of the molecule is C[C@H]1Cc2cc(S(N)(=O)=O)ccc2N1Cc1csc(-c2ccsc2)n1. The number of thiophene rings is 1. The number of benzene rings is 1. The van der Waals surface area contributed by atoms with Crippen LogP contribution in [-0.2, 0) is 23.0 Å². The van der Waals surface area contributed by atoms with E-state index in [0.29, 0.717) is 6.54 Å². The van der Waals surface area contributed by atoms with Crippen LogP contribution in [0.1, 0.15) is 18.2 Å². The summed E-state index contributed by atoms with van der Waals surface area (Å²) in [7, 11) is -3.67. The van der Waals surface area contributed by atoms with E-state index in [0.717, 1.165) is 33.9 Å². The summed E-state index contributed by atoms with van der Waals surface area (Å²) in [4.78, 5) is 7.20. The molecule has 3 heterocycles. The second kappa shape index (κ2) is 6.21. The number of aromatic nitrogens is 1. The third kappa shape index (κ3) is 3.22. The van der Waals surface area contributed by atoms with Crippen molar-refractivity contribution in [3.63, 3.8) is 0 Å². The fraction of sp³-hybridized carbons (Fsp3) is 0.235. The molecule has 0 saturated heterocycles. The van der Waals surface area contributed by atoms with Gasteiger partial charge in [-0.3, -0.25) is 0 Å². The molecule has 2 N–H and O–H groups in total. The Kier molecular flexibility index (Phi) is 4.15. The van der Waals surface area contributed by atoms with Crippen LogP contribution in [0.25, 0.3) is 10.6 Å². The number of sulfonamides is 1. The third-order valence-electron chi connectivity index (χ3n) is 4.39. The average Bonchev–Trinajstić information content (AvgIpc) is 3.27. The topological polar surface area (TPSA) is 76.3 Å². The number of thiazole rings is 1. The first-order valence-electron chi connectivity index (χ1n) is 7.81. The zero-order chi connectivity index (χ0) is 17.6. The van der Waals surface area contributed by atoms with Crippen LogP contribution in [0.4, 0.5) is 5.69 Å². The number of nitrogens with zero attached hydrogens (tertiary/aromatic N) is 2. The molecule has 0 spiro atoms. The van der Waals surface area contributed by atoms with Crippen molar-refractivity contribution in [3.05, 3.63) is 51.7 Å². The van der Waals surface area contributed by atoms with Crippen molar-refractivity contribution in [2.75, 3.05) is 4.90 Å². The zero-order valence-electron chi connectivity index (χ0n) is 13.5. The summed E-state index contributed by atoms with van der Waals surface area (Å²) in [6.07, 6.45) is 0.806. The molecule has 0 saturated carbocycles. The highest BCUT2D eigenvalue weighted by molar-refractivity contribution is 7.89. The van der Waals surface area contributed by atoms with E-state index in [9.17, 15) is 8.42 Å². The van der Waals surface area contributed by atoms with Crippen molar-refractivity contribution in [1.82, 2.24) is 4.98 Å². The number of hydrogen-bond acceptors (Lipinski definition) is 6. The summed E-state index contributed by atoms with van der Waals surface area (Å²) in [5.41, 5.74) is 4.27. The molecule has 4 rings (SSSR count). The molecule has 8 heteroatoms. The van der Waals surface area contributed by atoms with Crippen molar-refractivity contribution in [2.24, 2.45) is 5.14 Å². The summed E-state index contributed by atoms with van der Waals surface area (Å²) in [6, 6.07) is 7.49. The number of hydrogen-bond donors (Lipinski definition) is 1. The van der Waals surface area contributed by atoms with Gasteiger partial charge in [-0.15, -0.1) is 11.3 Å². The molecule has 1 aliphatic rings. The summed E-state index contributed by atoms with van der Waals surface area (Å²) < 4.78 is 23.1. The molecule has 5 nitrogen and oxygen atoms in total. The lowest BCUT2D eigenvalue weighted by atomic mass is 10.1. The Labute approximate surface area is 154 Å². The molecule has 0 unspecified atom stereocenters. The first-order valence-corrected chi connectivity index (χ1v) is 11.2. The van der Waals surface area contributed by atoms with Crippen LogP contribution in [0, 0.1) is 0 Å². The normalized spacial score (nSPS) is 17.0. The standard InChI is InChI=1S/C17H17N3O2S3/c1-11-6-13-7-15(25(18,21)22)2-3-16(13)20(11)8-14-10-24-17(19-14)12-4-5-23-9-12/h2-5,7,9-11H,6,8H2,1H3,(H2,18,21,22)/t11-/m0/s1. The van der Waals surface area contributed by atoms with Gasteiger partial charge in [0.2, 0.25) is 10.0 Å². The fourth-order valence-corrected chi connectivity index (χ4v) is 5.25. The summed E-state index contributed by atoms with van der Waals surface area (Å²) in [6.45, 7) is 2.85. The van der Waals surface area contributed by atoms with Gasteiger partial charge in [0.1, 0.15) is 5.01 Å². The molecular weight excluding hydrogens is 374 g/mol. The van der Waals surface area contributed by atoms with E-state index in [4.69, 9.17) is 10.1 Å². The number of anilines is 1. The molecule has 1 aliphatic heterocycles. The van der Waals surface area contributed by atoms with Crippen molar-refractivity contribution < 1.29 is 8.42 Å². The zero-order valence-corrected chi connectivity index (χ0v) is 16.0.